The van der Waals surface area contributed by atoms with Crippen molar-refractivity contribution >= 4 is 15.9 Å². The number of nitriles is 1. The molecule has 16 heavy (non-hydrogen) atoms. The van der Waals surface area contributed by atoms with Crippen molar-refractivity contribution in [1.82, 2.24) is 4.90 Å². The van der Waals surface area contributed by atoms with Gasteiger partial charge in [-0.05, 0) is 37.2 Å². The van der Waals surface area contributed by atoms with E-state index in [1.54, 1.807) is 0 Å². The highest BCUT2D eigenvalue weighted by atomic mass is 79.9. The van der Waals surface area contributed by atoms with Crippen LogP contribution in [0.1, 0.15) is 31.0 Å². The zero-order valence-electron chi connectivity index (χ0n) is 10.00. The largest absolute Gasteiger partial charge is 0.285 e. The van der Waals surface area contributed by atoms with Crippen molar-refractivity contribution in [3.63, 3.8) is 0 Å². The molecule has 2 nitrogen and oxygen atoms in total. The van der Waals surface area contributed by atoms with Crippen LogP contribution in [0.5, 0.6) is 0 Å². The molecule has 0 saturated carbocycles. The Balaban J connectivity index is 3.09. The maximum Gasteiger partial charge on any atom is 0.124 e. The van der Waals surface area contributed by atoms with Gasteiger partial charge in [-0.25, -0.2) is 0 Å². The van der Waals surface area contributed by atoms with Crippen molar-refractivity contribution in [3.05, 3.63) is 33.8 Å². The van der Waals surface area contributed by atoms with E-state index in [4.69, 9.17) is 0 Å². The Kier molecular flexibility index (Phi) is 4.98. The average Bonchev–Trinajstić information content (AvgIpc) is 2.27. The molecule has 1 aromatic carbocycles. The lowest BCUT2D eigenvalue weighted by atomic mass is 10.0. The van der Waals surface area contributed by atoms with E-state index in [0.717, 1.165) is 23.1 Å². The number of nitrogens with zero attached hydrogens (tertiary/aromatic N) is 2. The maximum atomic E-state index is 9.29. The van der Waals surface area contributed by atoms with Gasteiger partial charge in [0, 0.05) is 4.47 Å². The van der Waals surface area contributed by atoms with Crippen LogP contribution in [0.15, 0.2) is 22.7 Å². The summed E-state index contributed by atoms with van der Waals surface area (Å²) < 4.78 is 1.02. The molecule has 0 aliphatic carbocycles. The summed E-state index contributed by atoms with van der Waals surface area (Å²) in [5.41, 5.74) is 2.25. The van der Waals surface area contributed by atoms with Gasteiger partial charge in [0.2, 0.25) is 0 Å². The first-order valence-corrected chi connectivity index (χ1v) is 6.33. The van der Waals surface area contributed by atoms with Gasteiger partial charge in [0.25, 0.3) is 0 Å². The third-order valence-electron chi connectivity index (χ3n) is 2.75. The molecule has 1 rings (SSSR count). The summed E-state index contributed by atoms with van der Waals surface area (Å²) in [5.74, 6) is 0. The number of aryl methyl sites for hydroxylation is 1. The molecule has 1 atom stereocenters. The van der Waals surface area contributed by atoms with E-state index in [1.807, 2.05) is 19.1 Å². The topological polar surface area (TPSA) is 27.0 Å². The number of hydrogen-bond donors (Lipinski definition) is 0. The lowest BCUT2D eigenvalue weighted by molar-refractivity contribution is 0.262. The second kappa shape index (κ2) is 6.03. The highest BCUT2D eigenvalue weighted by Gasteiger charge is 2.19. The van der Waals surface area contributed by atoms with Crippen LogP contribution in [0.3, 0.4) is 0 Å². The van der Waals surface area contributed by atoms with Crippen LogP contribution >= 0.6 is 15.9 Å². The van der Waals surface area contributed by atoms with E-state index < -0.39 is 0 Å². The number of hydrogen-bond acceptors (Lipinski definition) is 2. The molecule has 0 fully saturated rings. The quantitative estimate of drug-likeness (QED) is 0.842. The lowest BCUT2D eigenvalue weighted by Gasteiger charge is -2.25. The van der Waals surface area contributed by atoms with Gasteiger partial charge in [0.15, 0.2) is 0 Å². The highest BCUT2D eigenvalue weighted by molar-refractivity contribution is 9.10. The van der Waals surface area contributed by atoms with Gasteiger partial charge in [-0.3, -0.25) is 4.90 Å². The molecule has 1 aromatic rings. The molecule has 0 heterocycles. The predicted molar refractivity (Wildman–Crippen MR) is 70.2 cm³/mol. The predicted octanol–water partition coefficient (Wildman–Crippen LogP) is 3.66. The monoisotopic (exact) mass is 280 g/mol. The van der Waals surface area contributed by atoms with Crippen molar-refractivity contribution in [1.29, 1.82) is 5.26 Å². The second-order valence-corrected chi connectivity index (χ2v) is 4.63. The fourth-order valence-electron chi connectivity index (χ4n) is 1.79. The van der Waals surface area contributed by atoms with Gasteiger partial charge in [-0.2, -0.15) is 5.26 Å². The highest BCUT2D eigenvalue weighted by Crippen LogP contribution is 2.28. The number of halogens is 1. The fourth-order valence-corrected chi connectivity index (χ4v) is 2.50. The van der Waals surface area contributed by atoms with Crippen molar-refractivity contribution in [3.8, 4) is 6.07 Å². The standard InChI is InChI=1S/C13H17BrN2/c1-4-16(5-2)13(9-15)11-7-6-10(3)8-12(11)14/h6-8,13H,4-5H2,1-3H3. The summed E-state index contributed by atoms with van der Waals surface area (Å²) in [6.07, 6.45) is 0. The Morgan fingerprint density at radius 3 is 2.44 bits per heavy atom. The van der Waals surface area contributed by atoms with E-state index in [9.17, 15) is 5.26 Å². The van der Waals surface area contributed by atoms with Gasteiger partial charge in [0.05, 0.1) is 6.07 Å². The van der Waals surface area contributed by atoms with Crippen LogP contribution in [-0.2, 0) is 0 Å². The summed E-state index contributed by atoms with van der Waals surface area (Å²) in [5, 5.41) is 9.29. The van der Waals surface area contributed by atoms with Crippen molar-refractivity contribution in [2.45, 2.75) is 26.8 Å². The van der Waals surface area contributed by atoms with Crippen LogP contribution in [0, 0.1) is 18.3 Å². The summed E-state index contributed by atoms with van der Waals surface area (Å²) in [4.78, 5) is 2.15. The third kappa shape index (κ3) is 2.84. The molecule has 0 spiro atoms. The van der Waals surface area contributed by atoms with E-state index >= 15 is 0 Å². The maximum absolute atomic E-state index is 9.29. The van der Waals surface area contributed by atoms with Gasteiger partial charge >= 0.3 is 0 Å². The zero-order chi connectivity index (χ0) is 12.1. The smallest absolute Gasteiger partial charge is 0.124 e. The molecular weight excluding hydrogens is 264 g/mol. The van der Waals surface area contributed by atoms with E-state index in [1.165, 1.54) is 5.56 Å². The number of rotatable bonds is 4. The minimum Gasteiger partial charge on any atom is -0.285 e. The van der Waals surface area contributed by atoms with Crippen LogP contribution in [0.2, 0.25) is 0 Å². The molecule has 0 aromatic heterocycles. The Bertz CT molecular complexity index is 391. The average molecular weight is 281 g/mol. The molecule has 0 bridgehead atoms. The third-order valence-corrected chi connectivity index (χ3v) is 3.44. The molecule has 3 heteroatoms. The molecular formula is C13H17BrN2. The normalized spacial score (nSPS) is 12.5. The number of benzene rings is 1. The van der Waals surface area contributed by atoms with Crippen LogP contribution in [0.4, 0.5) is 0 Å². The minimum atomic E-state index is -0.162. The van der Waals surface area contributed by atoms with Gasteiger partial charge in [0.1, 0.15) is 6.04 Å². The van der Waals surface area contributed by atoms with E-state index in [0.29, 0.717) is 0 Å². The van der Waals surface area contributed by atoms with Crippen LogP contribution in [0.25, 0.3) is 0 Å². The van der Waals surface area contributed by atoms with Crippen LogP contribution in [-0.4, -0.2) is 18.0 Å². The molecule has 0 saturated heterocycles. The molecule has 0 aliphatic rings. The molecule has 0 aliphatic heterocycles. The summed E-state index contributed by atoms with van der Waals surface area (Å²) >= 11 is 3.54. The van der Waals surface area contributed by atoms with Crippen molar-refractivity contribution in [2.24, 2.45) is 0 Å². The van der Waals surface area contributed by atoms with E-state index in [2.05, 4.69) is 46.8 Å². The SMILES string of the molecule is CCN(CC)C(C#N)c1ccc(C)cc1Br. The van der Waals surface area contributed by atoms with Crippen molar-refractivity contribution < 1.29 is 0 Å². The van der Waals surface area contributed by atoms with Gasteiger partial charge in [-0.1, -0.05) is 41.9 Å². The minimum absolute atomic E-state index is 0.162. The first kappa shape index (κ1) is 13.2. The Morgan fingerprint density at radius 1 is 1.38 bits per heavy atom. The molecule has 0 radical (unpaired) electrons. The Morgan fingerprint density at radius 2 is 2.00 bits per heavy atom. The first-order chi connectivity index (χ1) is 7.63. The van der Waals surface area contributed by atoms with Crippen molar-refractivity contribution in [2.75, 3.05) is 13.1 Å². The summed E-state index contributed by atoms with van der Waals surface area (Å²) in [7, 11) is 0. The Labute approximate surface area is 106 Å². The molecule has 1 unspecified atom stereocenters. The summed E-state index contributed by atoms with van der Waals surface area (Å²) in [6, 6.07) is 8.36. The van der Waals surface area contributed by atoms with E-state index in [-0.39, 0.29) is 6.04 Å². The molecule has 0 N–H and O–H groups in total. The lowest BCUT2D eigenvalue weighted by Crippen LogP contribution is -2.27. The first-order valence-electron chi connectivity index (χ1n) is 5.53. The fraction of sp³-hybridized carbons (Fsp3) is 0.462. The molecule has 0 amide bonds. The van der Waals surface area contributed by atoms with Gasteiger partial charge in [-0.15, -0.1) is 0 Å². The van der Waals surface area contributed by atoms with Crippen LogP contribution < -0.4 is 0 Å². The molecule has 86 valence electrons. The summed E-state index contributed by atoms with van der Waals surface area (Å²) in [6.45, 7) is 7.98. The second-order valence-electron chi connectivity index (χ2n) is 3.78. The Hall–Kier alpha value is -0.850. The zero-order valence-corrected chi connectivity index (χ0v) is 11.6. The van der Waals surface area contributed by atoms with Gasteiger partial charge < -0.3 is 0 Å².